The highest BCUT2D eigenvalue weighted by Gasteiger charge is 2.28. The molecule has 258 valence electrons. The molecule has 0 aromatic heterocycles. The fraction of sp³-hybridized carbons (Fsp3) is 0.650. The lowest BCUT2D eigenvalue weighted by Gasteiger charge is -2.28. The van der Waals surface area contributed by atoms with E-state index in [-0.39, 0.29) is 71.5 Å². The van der Waals surface area contributed by atoms with Gasteiger partial charge in [0, 0.05) is 12.8 Å². The molecule has 2 aromatic rings. The topological polar surface area (TPSA) is 93.1 Å². The van der Waals surface area contributed by atoms with Gasteiger partial charge in [0.2, 0.25) is 0 Å². The van der Waals surface area contributed by atoms with E-state index in [4.69, 9.17) is 9.47 Å². The Hall–Kier alpha value is -3.02. The molecule has 2 aromatic carbocycles. The molecule has 0 aliphatic rings. The zero-order chi connectivity index (χ0) is 35.4. The van der Waals surface area contributed by atoms with Gasteiger partial charge >= 0.3 is 11.9 Å². The molecule has 2 atom stereocenters. The van der Waals surface area contributed by atoms with Crippen molar-refractivity contribution < 1.29 is 29.3 Å². The summed E-state index contributed by atoms with van der Waals surface area (Å²) in [6.07, 6.45) is 1.56. The minimum absolute atomic E-state index is 0.0196. The largest absolute Gasteiger partial charge is 0.507 e. The van der Waals surface area contributed by atoms with Crippen molar-refractivity contribution in [2.24, 2.45) is 11.8 Å². The zero-order valence-corrected chi connectivity index (χ0v) is 31.2. The Morgan fingerprint density at radius 1 is 0.543 bits per heavy atom. The summed E-state index contributed by atoms with van der Waals surface area (Å²) in [6, 6.07) is 8.02. The van der Waals surface area contributed by atoms with Crippen molar-refractivity contribution in [3.8, 4) is 11.5 Å². The average Bonchev–Trinajstić information content (AvgIpc) is 2.90. The second-order valence-corrected chi connectivity index (χ2v) is 17.4. The van der Waals surface area contributed by atoms with Gasteiger partial charge in [0.25, 0.3) is 0 Å². The molecule has 0 aliphatic heterocycles. The first-order valence-electron chi connectivity index (χ1n) is 16.9. The molecule has 6 heteroatoms. The number of phenolic OH excluding ortho intramolecular Hbond substituents is 2. The third kappa shape index (κ3) is 11.1. The van der Waals surface area contributed by atoms with E-state index in [9.17, 15) is 19.8 Å². The van der Waals surface area contributed by atoms with Crippen LogP contribution in [0.3, 0.4) is 0 Å². The first-order chi connectivity index (χ1) is 20.8. The SMILES string of the molecule is CC(COC(=O)CCc1cc(C(C)(C)C)c(O)c(C(C)(C)C)c1)C(C)COC(=O)CCc1cc(C(C)(C)C)c(O)c(C(C)(C)C)c1. The lowest BCUT2D eigenvalue weighted by molar-refractivity contribution is -0.149. The average molecular weight is 639 g/mol. The van der Waals surface area contributed by atoms with Crippen LogP contribution in [0.15, 0.2) is 24.3 Å². The van der Waals surface area contributed by atoms with Gasteiger partial charge in [0.05, 0.1) is 13.2 Å². The van der Waals surface area contributed by atoms with E-state index < -0.39 is 0 Å². The Kier molecular flexibility index (Phi) is 12.6. The number of hydrogen-bond acceptors (Lipinski definition) is 6. The second-order valence-electron chi connectivity index (χ2n) is 17.4. The molecule has 2 N–H and O–H groups in total. The van der Waals surface area contributed by atoms with Gasteiger partial charge < -0.3 is 19.7 Å². The van der Waals surface area contributed by atoms with Crippen LogP contribution in [0.25, 0.3) is 0 Å². The predicted molar refractivity (Wildman–Crippen MR) is 188 cm³/mol. The maximum atomic E-state index is 12.7. The number of phenols is 2. The summed E-state index contributed by atoms with van der Waals surface area (Å²) < 4.78 is 11.2. The Morgan fingerprint density at radius 2 is 0.783 bits per heavy atom. The highest BCUT2D eigenvalue weighted by Crippen LogP contribution is 2.41. The quantitative estimate of drug-likeness (QED) is 0.238. The van der Waals surface area contributed by atoms with Gasteiger partial charge in [0.1, 0.15) is 11.5 Å². The van der Waals surface area contributed by atoms with Gasteiger partial charge in [-0.2, -0.15) is 0 Å². The standard InChI is InChI=1S/C40H62O6/c1-25(23-45-33(41)17-15-27-19-29(37(3,4)5)35(43)30(20-27)38(6,7)8)26(2)24-46-34(42)18-16-28-21-31(39(9,10)11)36(44)32(22-28)40(12,13)14/h19-22,25-26,43-44H,15-18,23-24H2,1-14H3. The summed E-state index contributed by atoms with van der Waals surface area (Å²) in [5.41, 5.74) is 4.63. The highest BCUT2D eigenvalue weighted by atomic mass is 16.5. The van der Waals surface area contributed by atoms with Gasteiger partial charge in [-0.3, -0.25) is 9.59 Å². The number of esters is 2. The van der Waals surface area contributed by atoms with Crippen molar-refractivity contribution in [2.45, 2.75) is 144 Å². The molecular formula is C40H62O6. The van der Waals surface area contributed by atoms with E-state index in [1.165, 1.54) is 0 Å². The number of rotatable bonds is 11. The smallest absolute Gasteiger partial charge is 0.306 e. The van der Waals surface area contributed by atoms with Crippen LogP contribution in [0.4, 0.5) is 0 Å². The fourth-order valence-corrected chi connectivity index (χ4v) is 5.38. The van der Waals surface area contributed by atoms with Crippen LogP contribution in [0.2, 0.25) is 0 Å². The van der Waals surface area contributed by atoms with E-state index in [1.54, 1.807) is 0 Å². The van der Waals surface area contributed by atoms with E-state index in [1.807, 2.05) is 38.1 Å². The Bertz CT molecular complexity index is 1180. The van der Waals surface area contributed by atoms with E-state index >= 15 is 0 Å². The molecule has 0 bridgehead atoms. The van der Waals surface area contributed by atoms with Gasteiger partial charge in [-0.25, -0.2) is 0 Å². The molecular weight excluding hydrogens is 576 g/mol. The van der Waals surface area contributed by atoms with Gasteiger partial charge in [0.15, 0.2) is 0 Å². The van der Waals surface area contributed by atoms with E-state index in [0.717, 1.165) is 33.4 Å². The molecule has 46 heavy (non-hydrogen) atoms. The second kappa shape index (κ2) is 14.8. The number of aromatic hydroxyl groups is 2. The Balaban J connectivity index is 1.90. The lowest BCUT2D eigenvalue weighted by atomic mass is 9.78. The van der Waals surface area contributed by atoms with Crippen LogP contribution in [-0.4, -0.2) is 35.4 Å². The Morgan fingerprint density at radius 3 is 1.00 bits per heavy atom. The van der Waals surface area contributed by atoms with Gasteiger partial charge in [-0.05, 0) is 79.7 Å². The lowest BCUT2D eigenvalue weighted by Crippen LogP contribution is -2.23. The number of hydrogen-bond donors (Lipinski definition) is 2. The molecule has 0 amide bonds. The summed E-state index contributed by atoms with van der Waals surface area (Å²) in [5.74, 6) is 0.172. The zero-order valence-electron chi connectivity index (χ0n) is 31.2. The van der Waals surface area contributed by atoms with E-state index in [0.29, 0.717) is 24.3 Å². The van der Waals surface area contributed by atoms with Gasteiger partial charge in [-0.15, -0.1) is 0 Å². The van der Waals surface area contributed by atoms with Crippen molar-refractivity contribution >= 4 is 11.9 Å². The molecule has 0 saturated carbocycles. The summed E-state index contributed by atoms with van der Waals surface area (Å²) >= 11 is 0. The van der Waals surface area contributed by atoms with Crippen LogP contribution in [0, 0.1) is 11.8 Å². The third-order valence-electron chi connectivity index (χ3n) is 8.79. The maximum absolute atomic E-state index is 12.7. The van der Waals surface area contributed by atoms with Crippen LogP contribution in [-0.2, 0) is 53.6 Å². The molecule has 0 aliphatic carbocycles. The molecule has 6 nitrogen and oxygen atoms in total. The number of carbonyl (C=O) groups is 2. The normalized spacial score (nSPS) is 14.1. The molecule has 0 fully saturated rings. The van der Waals surface area contributed by atoms with E-state index in [2.05, 4.69) is 83.1 Å². The summed E-state index contributed by atoms with van der Waals surface area (Å²) in [5, 5.41) is 21.9. The molecule has 0 heterocycles. The highest BCUT2D eigenvalue weighted by molar-refractivity contribution is 5.70. The summed E-state index contributed by atoms with van der Waals surface area (Å²) in [6.45, 7) is 29.4. The molecule has 2 unspecified atom stereocenters. The third-order valence-corrected chi connectivity index (χ3v) is 8.79. The number of benzene rings is 2. The fourth-order valence-electron chi connectivity index (χ4n) is 5.38. The summed E-state index contributed by atoms with van der Waals surface area (Å²) in [4.78, 5) is 25.4. The molecule has 2 rings (SSSR count). The molecule has 0 radical (unpaired) electrons. The first kappa shape index (κ1) is 39.2. The number of carbonyl (C=O) groups excluding carboxylic acids is 2. The van der Waals surface area contributed by atoms with Crippen molar-refractivity contribution in [1.82, 2.24) is 0 Å². The van der Waals surface area contributed by atoms with Crippen molar-refractivity contribution in [3.05, 3.63) is 57.6 Å². The number of aryl methyl sites for hydroxylation is 2. The molecule has 0 saturated heterocycles. The van der Waals surface area contributed by atoms with Crippen LogP contribution in [0.1, 0.15) is 143 Å². The van der Waals surface area contributed by atoms with Crippen LogP contribution >= 0.6 is 0 Å². The van der Waals surface area contributed by atoms with Gasteiger partial charge in [-0.1, -0.05) is 121 Å². The minimum Gasteiger partial charge on any atom is -0.507 e. The van der Waals surface area contributed by atoms with Crippen molar-refractivity contribution in [3.63, 3.8) is 0 Å². The first-order valence-corrected chi connectivity index (χ1v) is 16.9. The minimum atomic E-state index is -0.267. The predicted octanol–water partition coefficient (Wildman–Crippen LogP) is 9.21. The summed E-state index contributed by atoms with van der Waals surface area (Å²) in [7, 11) is 0. The maximum Gasteiger partial charge on any atom is 0.306 e. The molecule has 0 spiro atoms. The number of ether oxygens (including phenoxy) is 2. The Labute approximate surface area is 279 Å². The monoisotopic (exact) mass is 638 g/mol. The van der Waals surface area contributed by atoms with Crippen LogP contribution in [0.5, 0.6) is 11.5 Å². The van der Waals surface area contributed by atoms with Crippen molar-refractivity contribution in [1.29, 1.82) is 0 Å². The van der Waals surface area contributed by atoms with Crippen LogP contribution < -0.4 is 0 Å². The van der Waals surface area contributed by atoms with Crippen molar-refractivity contribution in [2.75, 3.05) is 13.2 Å².